The Morgan fingerprint density at radius 2 is 1.85 bits per heavy atom. The molecular weight excluding hydrogens is 495 g/mol. The molecule has 3 aliphatic rings. The first-order chi connectivity index (χ1) is 15.9. The number of rotatable bonds is 1. The van der Waals surface area contributed by atoms with Crippen molar-refractivity contribution < 1.29 is 18.3 Å². The fourth-order valence-electron chi connectivity index (χ4n) is 6.04. The van der Waals surface area contributed by atoms with Gasteiger partial charge in [-0.25, -0.2) is 13.2 Å². The van der Waals surface area contributed by atoms with E-state index < -0.39 is 15.9 Å². The predicted molar refractivity (Wildman–Crippen MR) is 135 cm³/mol. The molecule has 0 aromatic heterocycles. The Morgan fingerprint density at radius 1 is 1.12 bits per heavy atom. The number of sulfone groups is 1. The second kappa shape index (κ2) is 8.04. The van der Waals surface area contributed by atoms with Crippen molar-refractivity contribution in [1.29, 1.82) is 0 Å². The number of fused-ring (bicyclic) bond motifs is 3. The number of carboxylic acid groups (broad SMARTS) is 1. The van der Waals surface area contributed by atoms with Gasteiger partial charge in [0, 0.05) is 47.2 Å². The van der Waals surface area contributed by atoms with Crippen LogP contribution in [-0.4, -0.2) is 55.9 Å². The number of amides is 1. The fourth-order valence-corrected chi connectivity index (χ4v) is 8.10. The molecule has 2 atom stereocenters. The molecule has 0 bridgehead atoms. The maximum atomic E-state index is 13.5. The van der Waals surface area contributed by atoms with Crippen LogP contribution in [0.4, 0.5) is 10.5 Å². The van der Waals surface area contributed by atoms with Crippen LogP contribution < -0.4 is 4.90 Å². The summed E-state index contributed by atoms with van der Waals surface area (Å²) in [5.74, 6) is -0.0100. The molecular formula is C25H28Cl2N2O4S. The summed E-state index contributed by atoms with van der Waals surface area (Å²) in [6, 6.07) is 7.15. The molecule has 0 spiro atoms. The van der Waals surface area contributed by atoms with Gasteiger partial charge in [-0.05, 0) is 53.1 Å². The summed E-state index contributed by atoms with van der Waals surface area (Å²) in [6.45, 7) is 7.78. The summed E-state index contributed by atoms with van der Waals surface area (Å²) < 4.78 is 27.0. The van der Waals surface area contributed by atoms with Gasteiger partial charge in [-0.2, -0.15) is 0 Å². The number of hydrogen-bond acceptors (Lipinski definition) is 4. The van der Waals surface area contributed by atoms with Gasteiger partial charge in [0.15, 0.2) is 9.84 Å². The first kappa shape index (κ1) is 23.8. The van der Waals surface area contributed by atoms with Crippen molar-refractivity contribution in [2.24, 2.45) is 0 Å². The standard InChI is InChI=1S/C25H28Cl2N2O4S/c1-25(2,3)22-16(15-6-5-14(26)11-18(15)27)12-20-23-21(22)17-13-28(24(30)31)9-7-19(17)29(23)8-4-10-34(20,32)33/h5-6,11-12,17,19H,4,7-10,13H2,1-3H3,(H,30,31)/t17-,19+/m1/s1. The van der Waals surface area contributed by atoms with Crippen molar-refractivity contribution in [2.45, 2.75) is 55.9 Å². The molecule has 0 saturated carbocycles. The van der Waals surface area contributed by atoms with Gasteiger partial charge in [-0.3, -0.25) is 0 Å². The summed E-state index contributed by atoms with van der Waals surface area (Å²) in [7, 11) is -3.52. The molecule has 9 heteroatoms. The zero-order valence-corrected chi connectivity index (χ0v) is 21.8. The van der Waals surface area contributed by atoms with Crippen LogP contribution in [0.15, 0.2) is 29.2 Å². The van der Waals surface area contributed by atoms with E-state index in [1.165, 1.54) is 4.90 Å². The van der Waals surface area contributed by atoms with Crippen molar-refractivity contribution >= 4 is 44.8 Å². The van der Waals surface area contributed by atoms with E-state index >= 15 is 0 Å². The number of likely N-dealkylation sites (tertiary alicyclic amines) is 1. The Bertz CT molecular complexity index is 1300. The second-order valence-electron chi connectivity index (χ2n) is 10.5. The number of halogens is 2. The summed E-state index contributed by atoms with van der Waals surface area (Å²) >= 11 is 12.8. The first-order valence-corrected chi connectivity index (χ1v) is 13.9. The minimum Gasteiger partial charge on any atom is -0.465 e. The lowest BCUT2D eigenvalue weighted by atomic mass is 9.74. The highest BCUT2D eigenvalue weighted by molar-refractivity contribution is 7.91. The molecule has 1 saturated heterocycles. The molecule has 0 aliphatic carbocycles. The van der Waals surface area contributed by atoms with Gasteiger partial charge in [0.25, 0.3) is 0 Å². The average molecular weight is 523 g/mol. The van der Waals surface area contributed by atoms with Crippen LogP contribution in [0.3, 0.4) is 0 Å². The highest BCUT2D eigenvalue weighted by Gasteiger charge is 2.49. The zero-order valence-electron chi connectivity index (χ0n) is 19.4. The minimum absolute atomic E-state index is 0.0784. The van der Waals surface area contributed by atoms with E-state index in [9.17, 15) is 18.3 Å². The highest BCUT2D eigenvalue weighted by Crippen LogP contribution is 2.55. The average Bonchev–Trinajstić information content (AvgIpc) is 2.97. The van der Waals surface area contributed by atoms with Crippen LogP contribution in [0.25, 0.3) is 11.1 Å². The van der Waals surface area contributed by atoms with Crippen LogP contribution >= 0.6 is 23.2 Å². The maximum Gasteiger partial charge on any atom is 0.407 e. The third-order valence-corrected chi connectivity index (χ3v) is 9.68. The second-order valence-corrected chi connectivity index (χ2v) is 13.4. The molecule has 0 unspecified atom stereocenters. The van der Waals surface area contributed by atoms with Crippen LogP contribution in [0, 0.1) is 0 Å². The van der Waals surface area contributed by atoms with Gasteiger partial charge < -0.3 is 14.9 Å². The number of anilines is 1. The van der Waals surface area contributed by atoms with Crippen molar-refractivity contribution in [2.75, 3.05) is 30.3 Å². The summed E-state index contributed by atoms with van der Waals surface area (Å²) in [5.41, 5.74) is 3.94. The summed E-state index contributed by atoms with van der Waals surface area (Å²) in [5, 5.41) is 10.7. The quantitative estimate of drug-likeness (QED) is 0.512. The number of hydrogen-bond donors (Lipinski definition) is 1. The molecule has 1 fully saturated rings. The van der Waals surface area contributed by atoms with Crippen molar-refractivity contribution in [3.8, 4) is 11.1 Å². The van der Waals surface area contributed by atoms with E-state index in [2.05, 4.69) is 25.7 Å². The SMILES string of the molecule is CC(C)(C)c1c(-c2ccc(Cl)cc2Cl)cc2c3c1[C@@H]1CN(C(=O)O)CC[C@@H]1N3CCCS2(=O)=O. The van der Waals surface area contributed by atoms with Crippen LogP contribution in [0.5, 0.6) is 0 Å². The van der Waals surface area contributed by atoms with Crippen molar-refractivity contribution in [3.05, 3.63) is 45.4 Å². The van der Waals surface area contributed by atoms with Gasteiger partial charge in [-0.1, -0.05) is 50.0 Å². The largest absolute Gasteiger partial charge is 0.465 e. The van der Waals surface area contributed by atoms with Crippen LogP contribution in [-0.2, 0) is 15.3 Å². The normalized spacial score (nSPS) is 23.3. The zero-order chi connectivity index (χ0) is 24.6. The summed E-state index contributed by atoms with van der Waals surface area (Å²) in [6.07, 6.45) is 0.281. The highest BCUT2D eigenvalue weighted by atomic mass is 35.5. The lowest BCUT2D eigenvalue weighted by Crippen LogP contribution is -2.48. The molecule has 2 aromatic rings. The van der Waals surface area contributed by atoms with Gasteiger partial charge in [-0.15, -0.1) is 0 Å². The Hall–Kier alpha value is -1.96. The molecule has 5 rings (SSSR count). The molecule has 1 N–H and O–H groups in total. The third kappa shape index (κ3) is 3.67. The number of benzene rings is 2. The van der Waals surface area contributed by atoms with Crippen LogP contribution in [0.2, 0.25) is 10.0 Å². The lowest BCUT2D eigenvalue weighted by molar-refractivity contribution is 0.127. The van der Waals surface area contributed by atoms with E-state index in [4.69, 9.17) is 23.2 Å². The molecule has 1 amide bonds. The monoisotopic (exact) mass is 522 g/mol. The van der Waals surface area contributed by atoms with Crippen molar-refractivity contribution in [1.82, 2.24) is 4.90 Å². The number of piperidine rings is 1. The lowest BCUT2D eigenvalue weighted by Gasteiger charge is -2.38. The molecule has 182 valence electrons. The van der Waals surface area contributed by atoms with Crippen LogP contribution in [0.1, 0.15) is 50.7 Å². The van der Waals surface area contributed by atoms with Gasteiger partial charge >= 0.3 is 6.09 Å². The minimum atomic E-state index is -3.52. The topological polar surface area (TPSA) is 77.9 Å². The molecule has 3 aliphatic heterocycles. The van der Waals surface area contributed by atoms with E-state index in [0.717, 1.165) is 27.9 Å². The van der Waals surface area contributed by atoms with E-state index in [0.29, 0.717) is 47.4 Å². The van der Waals surface area contributed by atoms with Gasteiger partial charge in [0.05, 0.1) is 16.3 Å². The Morgan fingerprint density at radius 3 is 2.50 bits per heavy atom. The Kier molecular flexibility index (Phi) is 5.62. The summed E-state index contributed by atoms with van der Waals surface area (Å²) in [4.78, 5) is 15.9. The first-order valence-electron chi connectivity index (χ1n) is 11.5. The fraction of sp³-hybridized carbons (Fsp3) is 0.480. The van der Waals surface area contributed by atoms with Crippen molar-refractivity contribution in [3.63, 3.8) is 0 Å². The Balaban J connectivity index is 1.88. The predicted octanol–water partition coefficient (Wildman–Crippen LogP) is 5.79. The van der Waals surface area contributed by atoms with Gasteiger partial charge in [0.1, 0.15) is 0 Å². The maximum absolute atomic E-state index is 13.5. The molecule has 6 nitrogen and oxygen atoms in total. The van der Waals surface area contributed by atoms with E-state index in [-0.39, 0.29) is 23.1 Å². The van der Waals surface area contributed by atoms with Gasteiger partial charge in [0.2, 0.25) is 0 Å². The third-order valence-electron chi connectivity index (χ3n) is 7.33. The van der Waals surface area contributed by atoms with E-state index in [1.54, 1.807) is 18.2 Å². The Labute approximate surface area is 210 Å². The molecule has 0 radical (unpaired) electrons. The van der Waals surface area contributed by atoms with E-state index in [1.807, 2.05) is 6.07 Å². The smallest absolute Gasteiger partial charge is 0.407 e. The number of nitrogens with zero attached hydrogens (tertiary/aromatic N) is 2. The molecule has 34 heavy (non-hydrogen) atoms. The molecule has 3 heterocycles. The number of carbonyl (C=O) groups is 1. The molecule has 2 aromatic carbocycles.